The third-order valence-corrected chi connectivity index (χ3v) is 3.12. The van der Waals surface area contributed by atoms with Crippen LogP contribution in [0.5, 0.6) is 0 Å². The number of hydrogen-bond acceptors (Lipinski definition) is 1. The molecule has 0 saturated carbocycles. The molecule has 0 saturated heterocycles. The first-order chi connectivity index (χ1) is 5.30. The minimum atomic E-state index is -0.208. The zero-order chi connectivity index (χ0) is 9.94. The van der Waals surface area contributed by atoms with Crippen molar-refractivity contribution in [2.45, 2.75) is 47.0 Å². The summed E-state index contributed by atoms with van der Waals surface area (Å²) >= 11 is 0. The average Bonchev–Trinajstić information content (AvgIpc) is 1.84. The highest BCUT2D eigenvalue weighted by atomic mass is 16.3. The van der Waals surface area contributed by atoms with E-state index in [9.17, 15) is 5.11 Å². The Labute approximate surface area is 78.0 Å². The topological polar surface area (TPSA) is 20.2 Å². The van der Waals surface area contributed by atoms with Crippen LogP contribution in [0.3, 0.4) is 0 Å². The summed E-state index contributed by atoms with van der Waals surface area (Å²) in [5.41, 5.74) is 0.0775. The van der Waals surface area contributed by atoms with Crippen molar-refractivity contribution in [2.24, 2.45) is 17.3 Å². The van der Waals surface area contributed by atoms with Crippen molar-refractivity contribution in [3.05, 3.63) is 0 Å². The Morgan fingerprint density at radius 2 is 1.67 bits per heavy atom. The maximum absolute atomic E-state index is 9.69. The van der Waals surface area contributed by atoms with E-state index in [4.69, 9.17) is 0 Å². The monoisotopic (exact) mass is 170 g/mol. The predicted molar refractivity (Wildman–Crippen MR) is 57.0 cm³/mol. The second-order valence-corrected chi connectivity index (χ2v) is 4.93. The van der Waals surface area contributed by atoms with Crippen molar-refractivity contribution in [3.8, 4) is 0 Å². The van der Waals surface area contributed by atoms with Gasteiger partial charge in [-0.2, -0.15) is 0 Å². The summed E-state index contributed by atoms with van der Waals surface area (Å²) in [5.74, 6) is 1.20. The molecule has 0 aromatic rings. The van der Waals surface area contributed by atoms with E-state index >= 15 is 0 Å². The lowest BCUT2D eigenvalue weighted by Gasteiger charge is -2.38. The van der Waals surface area contributed by atoms with Crippen molar-refractivity contribution >= 4 is 7.85 Å². The van der Waals surface area contributed by atoms with Gasteiger partial charge in [0.2, 0.25) is 0 Å². The third kappa shape index (κ3) is 2.82. The molecule has 0 spiro atoms. The molecule has 0 fully saturated rings. The van der Waals surface area contributed by atoms with Gasteiger partial charge in [-0.15, -0.1) is 0 Å². The summed E-state index contributed by atoms with van der Waals surface area (Å²) in [6.45, 7) is 11.0. The van der Waals surface area contributed by atoms with Gasteiger partial charge in [0.05, 0.1) is 0 Å². The van der Waals surface area contributed by atoms with Crippen LogP contribution in [-0.4, -0.2) is 19.0 Å². The molecular weight excluding hydrogens is 147 g/mol. The van der Waals surface area contributed by atoms with E-state index in [0.29, 0.717) is 11.8 Å². The summed E-state index contributed by atoms with van der Waals surface area (Å²) in [6.07, 6.45) is 1.10. The van der Waals surface area contributed by atoms with Crippen LogP contribution in [0.4, 0.5) is 0 Å². The van der Waals surface area contributed by atoms with Crippen LogP contribution in [0, 0.1) is 17.3 Å². The first-order valence-corrected chi connectivity index (χ1v) is 4.98. The summed E-state index contributed by atoms with van der Waals surface area (Å²) in [4.78, 5) is 0. The number of hydrogen-bond donors (Lipinski definition) is 1. The highest BCUT2D eigenvalue weighted by Crippen LogP contribution is 2.36. The molecule has 0 bridgehead atoms. The van der Waals surface area contributed by atoms with Crippen molar-refractivity contribution in [1.29, 1.82) is 0 Å². The lowest BCUT2D eigenvalue weighted by Crippen LogP contribution is -2.38. The first kappa shape index (κ1) is 12.0. The Bertz CT molecular complexity index is 122. The lowest BCUT2D eigenvalue weighted by atomic mass is 9.63. The van der Waals surface area contributed by atoms with Crippen LogP contribution in [0.1, 0.15) is 41.0 Å². The molecule has 72 valence electrons. The van der Waals surface area contributed by atoms with Crippen LogP contribution in [-0.2, 0) is 0 Å². The van der Waals surface area contributed by atoms with Crippen molar-refractivity contribution in [1.82, 2.24) is 0 Å². The molecule has 0 aliphatic rings. The van der Waals surface area contributed by atoms with Gasteiger partial charge in [0.25, 0.3) is 0 Å². The zero-order valence-electron chi connectivity index (χ0n) is 9.39. The normalized spacial score (nSPS) is 19.7. The minimum Gasteiger partial charge on any atom is -0.402 e. The molecule has 0 aliphatic carbocycles. The SMILES string of the molecule is BC(O)[C@@](C)(CC(C)C)C(C)C. The van der Waals surface area contributed by atoms with Gasteiger partial charge in [0.1, 0.15) is 7.85 Å². The van der Waals surface area contributed by atoms with E-state index in [1.807, 2.05) is 7.85 Å². The summed E-state index contributed by atoms with van der Waals surface area (Å²) in [6, 6.07) is -0.208. The molecule has 1 nitrogen and oxygen atoms in total. The van der Waals surface area contributed by atoms with Crippen LogP contribution in [0.25, 0.3) is 0 Å². The molecule has 12 heavy (non-hydrogen) atoms. The minimum absolute atomic E-state index is 0.0775. The lowest BCUT2D eigenvalue weighted by molar-refractivity contribution is 0.0415. The standard InChI is InChI=1S/C10H23BO/c1-7(2)6-10(5,8(3)4)9(11)12/h7-9,12H,6,11H2,1-5H3/t9?,10-/m0/s1. The van der Waals surface area contributed by atoms with Gasteiger partial charge >= 0.3 is 0 Å². The molecule has 0 heterocycles. The fourth-order valence-electron chi connectivity index (χ4n) is 1.77. The fraction of sp³-hybridized carbons (Fsp3) is 1.00. The van der Waals surface area contributed by atoms with E-state index in [1.54, 1.807) is 0 Å². The van der Waals surface area contributed by atoms with E-state index in [1.165, 1.54) is 0 Å². The molecule has 0 radical (unpaired) electrons. The maximum atomic E-state index is 9.69. The van der Waals surface area contributed by atoms with E-state index in [-0.39, 0.29) is 11.4 Å². The summed E-state index contributed by atoms with van der Waals surface area (Å²) < 4.78 is 0. The molecule has 0 rings (SSSR count). The molecular formula is C10H23BO. The summed E-state index contributed by atoms with van der Waals surface area (Å²) in [7, 11) is 1.91. The fourth-order valence-corrected chi connectivity index (χ4v) is 1.77. The Morgan fingerprint density at radius 3 is 1.75 bits per heavy atom. The van der Waals surface area contributed by atoms with E-state index in [0.717, 1.165) is 6.42 Å². The highest BCUT2D eigenvalue weighted by molar-refractivity contribution is 6.11. The predicted octanol–water partition coefficient (Wildman–Crippen LogP) is 1.65. The molecule has 1 unspecified atom stereocenters. The summed E-state index contributed by atoms with van der Waals surface area (Å²) in [5, 5.41) is 9.69. The first-order valence-electron chi connectivity index (χ1n) is 4.98. The number of aliphatic hydroxyl groups is 1. The maximum Gasteiger partial charge on any atom is 0.139 e. The van der Waals surface area contributed by atoms with E-state index in [2.05, 4.69) is 34.6 Å². The van der Waals surface area contributed by atoms with Crippen LogP contribution in [0.15, 0.2) is 0 Å². The van der Waals surface area contributed by atoms with Gasteiger partial charge in [-0.3, -0.25) is 0 Å². The number of rotatable bonds is 4. The van der Waals surface area contributed by atoms with Crippen molar-refractivity contribution in [2.75, 3.05) is 0 Å². The zero-order valence-corrected chi connectivity index (χ0v) is 9.39. The van der Waals surface area contributed by atoms with Crippen LogP contribution in [0.2, 0.25) is 0 Å². The smallest absolute Gasteiger partial charge is 0.139 e. The van der Waals surface area contributed by atoms with Gasteiger partial charge in [0.15, 0.2) is 0 Å². The Balaban J connectivity index is 4.40. The van der Waals surface area contributed by atoms with Gasteiger partial charge in [-0.1, -0.05) is 34.6 Å². The quantitative estimate of drug-likeness (QED) is 0.636. The average molecular weight is 170 g/mol. The van der Waals surface area contributed by atoms with Crippen LogP contribution < -0.4 is 0 Å². The van der Waals surface area contributed by atoms with Gasteiger partial charge in [0, 0.05) is 6.00 Å². The molecule has 0 amide bonds. The van der Waals surface area contributed by atoms with Gasteiger partial charge < -0.3 is 5.11 Å². The highest BCUT2D eigenvalue weighted by Gasteiger charge is 2.33. The third-order valence-electron chi connectivity index (χ3n) is 3.12. The van der Waals surface area contributed by atoms with Crippen molar-refractivity contribution < 1.29 is 5.11 Å². The molecule has 2 heteroatoms. The molecule has 0 aromatic carbocycles. The largest absolute Gasteiger partial charge is 0.402 e. The van der Waals surface area contributed by atoms with Gasteiger partial charge in [-0.05, 0) is 23.7 Å². The van der Waals surface area contributed by atoms with E-state index < -0.39 is 0 Å². The molecule has 1 N–H and O–H groups in total. The van der Waals surface area contributed by atoms with Gasteiger partial charge in [-0.25, -0.2) is 0 Å². The molecule has 0 aromatic heterocycles. The Kier molecular flexibility index (Phi) is 4.32. The Morgan fingerprint density at radius 1 is 1.25 bits per heavy atom. The second-order valence-electron chi connectivity index (χ2n) is 4.93. The number of aliphatic hydroxyl groups excluding tert-OH is 1. The molecule has 2 atom stereocenters. The molecule has 0 aliphatic heterocycles. The second kappa shape index (κ2) is 4.31. The Hall–Kier alpha value is 0.0249. The van der Waals surface area contributed by atoms with Crippen molar-refractivity contribution in [3.63, 3.8) is 0 Å². The van der Waals surface area contributed by atoms with Crippen LogP contribution >= 0.6 is 0 Å².